The van der Waals surface area contributed by atoms with Crippen LogP contribution in [0.1, 0.15) is 17.3 Å². The first-order valence-electron chi connectivity index (χ1n) is 6.61. The summed E-state index contributed by atoms with van der Waals surface area (Å²) in [7, 11) is -2.91. The van der Waals surface area contributed by atoms with E-state index < -0.39 is 39.1 Å². The highest BCUT2D eigenvalue weighted by Crippen LogP contribution is 2.31. The third-order valence-corrected chi connectivity index (χ3v) is 3.97. The first kappa shape index (κ1) is 19.4. The molecule has 0 atom stereocenters. The van der Waals surface area contributed by atoms with Gasteiger partial charge in [-0.1, -0.05) is 0 Å². The highest BCUT2D eigenvalue weighted by molar-refractivity contribution is 7.92. The lowest BCUT2D eigenvalue weighted by atomic mass is 10.1. The zero-order valence-electron chi connectivity index (χ0n) is 13.2. The fourth-order valence-electron chi connectivity index (χ4n) is 1.83. The molecule has 0 fully saturated rings. The summed E-state index contributed by atoms with van der Waals surface area (Å²) in [6.45, 7) is 0.835. The summed E-state index contributed by atoms with van der Waals surface area (Å²) in [5.74, 6) is -1.68. The lowest BCUT2D eigenvalue weighted by Gasteiger charge is -2.21. The molecule has 132 valence electrons. The minimum Gasteiger partial charge on any atom is -0.465 e. The van der Waals surface area contributed by atoms with Crippen LogP contribution in [0.5, 0.6) is 0 Å². The number of nitro groups is 1. The Kier molecular flexibility index (Phi) is 6.23. The van der Waals surface area contributed by atoms with Crippen molar-refractivity contribution in [2.75, 3.05) is 30.8 Å². The maximum absolute atomic E-state index is 11.9. The van der Waals surface area contributed by atoms with E-state index in [1.807, 2.05) is 0 Å². The van der Waals surface area contributed by atoms with Crippen LogP contribution in [0.4, 0.5) is 11.4 Å². The lowest BCUT2D eigenvalue weighted by molar-refractivity contribution is -0.384. The zero-order valence-corrected chi connectivity index (χ0v) is 14.0. The van der Waals surface area contributed by atoms with Crippen LogP contribution in [0.25, 0.3) is 0 Å². The quantitative estimate of drug-likeness (QED) is 0.394. The van der Waals surface area contributed by atoms with Crippen molar-refractivity contribution in [3.05, 3.63) is 33.9 Å². The number of nitro benzene ring substituents is 1. The van der Waals surface area contributed by atoms with E-state index in [1.165, 1.54) is 6.92 Å². The number of ether oxygens (including phenoxy) is 2. The van der Waals surface area contributed by atoms with Crippen molar-refractivity contribution in [3.8, 4) is 0 Å². The normalized spacial score (nSPS) is 10.8. The first-order chi connectivity index (χ1) is 11.1. The van der Waals surface area contributed by atoms with Crippen LogP contribution < -0.4 is 4.31 Å². The fourth-order valence-corrected chi connectivity index (χ4v) is 2.68. The molecule has 0 aliphatic heterocycles. The van der Waals surface area contributed by atoms with Gasteiger partial charge >= 0.3 is 11.9 Å². The van der Waals surface area contributed by atoms with Gasteiger partial charge in [0.15, 0.2) is 0 Å². The summed E-state index contributed by atoms with van der Waals surface area (Å²) in [6.07, 6.45) is 0.796. The summed E-state index contributed by atoms with van der Waals surface area (Å²) < 4.78 is 33.5. The standard InChI is InChI=1S/C13H16N2O8S/c1-4-23-12(16)8-14(24(3,20)21)10-6-5-9(13(17)22-2)7-11(10)15(18)19/h5-7H,4,8H2,1-3H3. The summed E-state index contributed by atoms with van der Waals surface area (Å²) in [5.41, 5.74) is -1.15. The Morgan fingerprint density at radius 3 is 2.42 bits per heavy atom. The van der Waals surface area contributed by atoms with Crippen molar-refractivity contribution >= 4 is 33.3 Å². The van der Waals surface area contributed by atoms with Crippen molar-refractivity contribution in [2.24, 2.45) is 0 Å². The smallest absolute Gasteiger partial charge is 0.338 e. The van der Waals surface area contributed by atoms with E-state index in [9.17, 15) is 28.1 Å². The van der Waals surface area contributed by atoms with Gasteiger partial charge in [0.05, 0.1) is 30.5 Å². The molecule has 0 radical (unpaired) electrons. The fraction of sp³-hybridized carbons (Fsp3) is 0.385. The van der Waals surface area contributed by atoms with Crippen LogP contribution in [0.3, 0.4) is 0 Å². The topological polar surface area (TPSA) is 133 Å². The van der Waals surface area contributed by atoms with Crippen molar-refractivity contribution in [3.63, 3.8) is 0 Å². The van der Waals surface area contributed by atoms with E-state index in [0.717, 1.165) is 31.6 Å². The predicted molar refractivity (Wildman–Crippen MR) is 83.3 cm³/mol. The Morgan fingerprint density at radius 1 is 1.33 bits per heavy atom. The second-order valence-corrected chi connectivity index (χ2v) is 6.43. The van der Waals surface area contributed by atoms with E-state index in [0.29, 0.717) is 4.31 Å². The molecule has 24 heavy (non-hydrogen) atoms. The summed E-state index contributed by atoms with van der Waals surface area (Å²) in [5, 5.41) is 11.2. The molecule has 1 aromatic carbocycles. The van der Waals surface area contributed by atoms with E-state index in [4.69, 9.17) is 0 Å². The average Bonchev–Trinajstić information content (AvgIpc) is 2.50. The van der Waals surface area contributed by atoms with Crippen LogP contribution >= 0.6 is 0 Å². The molecule has 11 heteroatoms. The van der Waals surface area contributed by atoms with Gasteiger partial charge in [0, 0.05) is 6.07 Å². The average molecular weight is 360 g/mol. The number of esters is 2. The Morgan fingerprint density at radius 2 is 1.96 bits per heavy atom. The molecule has 0 aliphatic rings. The number of anilines is 1. The SMILES string of the molecule is CCOC(=O)CN(c1ccc(C(=O)OC)cc1[N+](=O)[O-])S(C)(=O)=O. The number of rotatable bonds is 7. The van der Waals surface area contributed by atoms with Crippen molar-refractivity contribution in [1.82, 2.24) is 0 Å². The van der Waals surface area contributed by atoms with Crippen LogP contribution in [0.15, 0.2) is 18.2 Å². The van der Waals surface area contributed by atoms with Crippen molar-refractivity contribution in [2.45, 2.75) is 6.92 Å². The Hall–Kier alpha value is -2.69. The zero-order chi connectivity index (χ0) is 18.5. The predicted octanol–water partition coefficient (Wildman–Crippen LogP) is 0.711. The van der Waals surface area contributed by atoms with Crippen LogP contribution in [0, 0.1) is 10.1 Å². The molecular formula is C13H16N2O8S. The van der Waals surface area contributed by atoms with Crippen LogP contribution in [0.2, 0.25) is 0 Å². The monoisotopic (exact) mass is 360 g/mol. The molecular weight excluding hydrogens is 344 g/mol. The van der Waals surface area contributed by atoms with E-state index in [1.54, 1.807) is 0 Å². The summed E-state index contributed by atoms with van der Waals surface area (Å²) in [4.78, 5) is 33.5. The number of hydrogen-bond acceptors (Lipinski definition) is 8. The molecule has 1 rings (SSSR count). The number of nitrogens with zero attached hydrogens (tertiary/aromatic N) is 2. The van der Waals surface area contributed by atoms with Crippen molar-refractivity contribution < 1.29 is 32.4 Å². The molecule has 0 spiro atoms. The molecule has 0 saturated carbocycles. The minimum atomic E-state index is -4.01. The number of benzene rings is 1. The highest BCUT2D eigenvalue weighted by atomic mass is 32.2. The van der Waals surface area contributed by atoms with Gasteiger partial charge in [-0.3, -0.25) is 19.2 Å². The summed E-state index contributed by atoms with van der Waals surface area (Å²) in [6, 6.07) is 3.10. The van der Waals surface area contributed by atoms with Gasteiger partial charge in [0.25, 0.3) is 5.69 Å². The Labute approximate surface area is 138 Å². The second kappa shape index (κ2) is 7.73. The summed E-state index contributed by atoms with van der Waals surface area (Å²) >= 11 is 0. The first-order valence-corrected chi connectivity index (χ1v) is 8.46. The molecule has 10 nitrogen and oxygen atoms in total. The van der Waals surface area contributed by atoms with Gasteiger partial charge in [0.1, 0.15) is 12.2 Å². The Balaban J connectivity index is 3.44. The molecule has 0 unspecified atom stereocenters. The van der Waals surface area contributed by atoms with Gasteiger partial charge in [-0.15, -0.1) is 0 Å². The highest BCUT2D eigenvalue weighted by Gasteiger charge is 2.29. The van der Waals surface area contributed by atoms with Gasteiger partial charge in [-0.05, 0) is 19.1 Å². The third-order valence-electron chi connectivity index (χ3n) is 2.84. The van der Waals surface area contributed by atoms with Gasteiger partial charge in [-0.2, -0.15) is 0 Å². The molecule has 0 aromatic heterocycles. The van der Waals surface area contributed by atoms with E-state index in [-0.39, 0.29) is 17.9 Å². The third kappa shape index (κ3) is 4.65. The number of methoxy groups -OCH3 is 1. The molecule has 0 saturated heterocycles. The second-order valence-electron chi connectivity index (χ2n) is 4.53. The largest absolute Gasteiger partial charge is 0.465 e. The Bertz CT molecular complexity index is 759. The molecule has 1 aromatic rings. The molecule has 0 bridgehead atoms. The molecule has 0 heterocycles. The van der Waals surface area contributed by atoms with Crippen LogP contribution in [-0.2, 0) is 24.3 Å². The maximum Gasteiger partial charge on any atom is 0.338 e. The number of carbonyl (C=O) groups is 2. The number of carbonyl (C=O) groups excluding carboxylic acids is 2. The van der Waals surface area contributed by atoms with Crippen molar-refractivity contribution in [1.29, 1.82) is 0 Å². The van der Waals surface area contributed by atoms with E-state index >= 15 is 0 Å². The number of sulfonamides is 1. The molecule has 0 N–H and O–H groups in total. The van der Waals surface area contributed by atoms with Gasteiger partial charge in [-0.25, -0.2) is 13.2 Å². The maximum atomic E-state index is 11.9. The molecule has 0 aliphatic carbocycles. The number of hydrogen-bond donors (Lipinski definition) is 0. The van der Waals surface area contributed by atoms with Gasteiger partial charge < -0.3 is 9.47 Å². The molecule has 0 amide bonds. The van der Waals surface area contributed by atoms with E-state index in [2.05, 4.69) is 9.47 Å². The minimum absolute atomic E-state index is 0.0276. The van der Waals surface area contributed by atoms with Gasteiger partial charge in [0.2, 0.25) is 10.0 Å². The lowest BCUT2D eigenvalue weighted by Crippen LogP contribution is -2.36. The van der Waals surface area contributed by atoms with Crippen LogP contribution in [-0.4, -0.2) is 51.8 Å².